The minimum atomic E-state index is 0. The minimum Gasteiger partial charge on any atom is -0.370 e. The summed E-state index contributed by atoms with van der Waals surface area (Å²) in [5.41, 5.74) is 7.47. The van der Waals surface area contributed by atoms with Crippen molar-refractivity contribution < 1.29 is 0 Å². The summed E-state index contributed by atoms with van der Waals surface area (Å²) in [7, 11) is 0. The normalized spacial score (nSPS) is 26.0. The second-order valence-corrected chi connectivity index (χ2v) is 6.29. The number of hydrogen-bond donors (Lipinski definition) is 1. The monoisotopic (exact) mass is 419 g/mol. The summed E-state index contributed by atoms with van der Waals surface area (Å²) in [6.07, 6.45) is 6.20. The molecule has 2 N–H and O–H groups in total. The van der Waals surface area contributed by atoms with Crippen LogP contribution in [0.1, 0.15) is 43.6 Å². The Labute approximate surface area is 149 Å². The molecule has 1 aromatic rings. The zero-order valence-electron chi connectivity index (χ0n) is 12.2. The lowest BCUT2D eigenvalue weighted by Gasteiger charge is -2.21. The zero-order valence-corrected chi connectivity index (χ0v) is 15.3. The number of likely N-dealkylation sites (tertiary alicyclic amines) is 1. The van der Waals surface area contributed by atoms with Crippen LogP contribution in [0.3, 0.4) is 0 Å². The Bertz CT molecular complexity index is 498. The SMILES string of the molecule is I.NC(=NC1CC1c1cccc(Cl)c1)N1CCCCCC1. The number of nitrogens with two attached hydrogens (primary N) is 1. The van der Waals surface area contributed by atoms with E-state index in [1.807, 2.05) is 18.2 Å². The third-order valence-electron chi connectivity index (χ3n) is 4.26. The van der Waals surface area contributed by atoms with Gasteiger partial charge in [-0.15, -0.1) is 24.0 Å². The Morgan fingerprint density at radius 3 is 2.57 bits per heavy atom. The summed E-state index contributed by atoms with van der Waals surface area (Å²) in [4.78, 5) is 6.97. The van der Waals surface area contributed by atoms with Gasteiger partial charge in [0.2, 0.25) is 0 Å². The first kappa shape index (κ1) is 16.9. The molecular formula is C16H23ClIN3. The van der Waals surface area contributed by atoms with Crippen molar-refractivity contribution in [2.24, 2.45) is 10.7 Å². The van der Waals surface area contributed by atoms with E-state index in [-0.39, 0.29) is 24.0 Å². The summed E-state index contributed by atoms with van der Waals surface area (Å²) in [5, 5.41) is 0.803. The highest BCUT2D eigenvalue weighted by Gasteiger charge is 2.38. The summed E-state index contributed by atoms with van der Waals surface area (Å²) in [5.74, 6) is 1.24. The van der Waals surface area contributed by atoms with E-state index in [9.17, 15) is 0 Å². The van der Waals surface area contributed by atoms with Crippen molar-refractivity contribution in [3.8, 4) is 0 Å². The summed E-state index contributed by atoms with van der Waals surface area (Å²) in [6.45, 7) is 2.12. The second-order valence-electron chi connectivity index (χ2n) is 5.85. The summed E-state index contributed by atoms with van der Waals surface area (Å²) >= 11 is 6.04. The largest absolute Gasteiger partial charge is 0.370 e. The molecule has 2 unspecified atom stereocenters. The molecule has 0 spiro atoms. The molecule has 0 amide bonds. The van der Waals surface area contributed by atoms with Gasteiger partial charge < -0.3 is 10.6 Å². The number of hydrogen-bond acceptors (Lipinski definition) is 1. The van der Waals surface area contributed by atoms with E-state index in [2.05, 4.69) is 11.0 Å². The fraction of sp³-hybridized carbons (Fsp3) is 0.562. The van der Waals surface area contributed by atoms with E-state index < -0.39 is 0 Å². The molecule has 1 aliphatic heterocycles. The Balaban J connectivity index is 0.00000161. The van der Waals surface area contributed by atoms with Gasteiger partial charge >= 0.3 is 0 Å². The third kappa shape index (κ3) is 4.49. The van der Waals surface area contributed by atoms with Crippen molar-refractivity contribution in [1.82, 2.24) is 4.90 Å². The van der Waals surface area contributed by atoms with Gasteiger partial charge in [-0.2, -0.15) is 0 Å². The second kappa shape index (κ2) is 7.68. The van der Waals surface area contributed by atoms with Crippen LogP contribution >= 0.6 is 35.6 Å². The van der Waals surface area contributed by atoms with Crippen molar-refractivity contribution in [3.05, 3.63) is 34.9 Å². The van der Waals surface area contributed by atoms with Crippen LogP contribution in [0.2, 0.25) is 5.02 Å². The van der Waals surface area contributed by atoms with Crippen molar-refractivity contribution in [2.75, 3.05) is 13.1 Å². The van der Waals surface area contributed by atoms with Crippen LogP contribution in [-0.4, -0.2) is 30.0 Å². The van der Waals surface area contributed by atoms with Crippen molar-refractivity contribution in [1.29, 1.82) is 0 Å². The number of aliphatic imine (C=N–C) groups is 1. The van der Waals surface area contributed by atoms with E-state index >= 15 is 0 Å². The Hall–Kier alpha value is -0.490. The van der Waals surface area contributed by atoms with Gasteiger partial charge in [-0.3, -0.25) is 0 Å². The molecule has 21 heavy (non-hydrogen) atoms. The van der Waals surface area contributed by atoms with E-state index in [4.69, 9.17) is 22.3 Å². The molecular weight excluding hydrogens is 397 g/mol. The quantitative estimate of drug-likeness (QED) is 0.447. The predicted octanol–water partition coefficient (Wildman–Crippen LogP) is 4.00. The molecule has 116 valence electrons. The van der Waals surface area contributed by atoms with Crippen LogP contribution in [0.5, 0.6) is 0 Å². The lowest BCUT2D eigenvalue weighted by Crippen LogP contribution is -2.38. The molecule has 3 nitrogen and oxygen atoms in total. The lowest BCUT2D eigenvalue weighted by atomic mass is 10.1. The number of guanidine groups is 1. The van der Waals surface area contributed by atoms with Crippen molar-refractivity contribution in [3.63, 3.8) is 0 Å². The molecule has 1 saturated carbocycles. The highest BCUT2D eigenvalue weighted by atomic mass is 127. The van der Waals surface area contributed by atoms with Crippen LogP contribution in [-0.2, 0) is 0 Å². The van der Waals surface area contributed by atoms with Crippen LogP contribution in [0.4, 0.5) is 0 Å². The van der Waals surface area contributed by atoms with Gasteiger partial charge in [0.1, 0.15) is 0 Å². The highest BCUT2D eigenvalue weighted by molar-refractivity contribution is 14.0. The molecule has 1 aromatic carbocycles. The zero-order chi connectivity index (χ0) is 13.9. The molecule has 3 rings (SSSR count). The number of nitrogens with zero attached hydrogens (tertiary/aromatic N) is 2. The first-order valence-corrected chi connectivity index (χ1v) is 7.95. The molecule has 0 radical (unpaired) electrons. The minimum absolute atomic E-state index is 0. The van der Waals surface area contributed by atoms with Gasteiger partial charge in [0.15, 0.2) is 5.96 Å². The van der Waals surface area contributed by atoms with Crippen LogP contribution < -0.4 is 5.73 Å². The molecule has 1 saturated heterocycles. The standard InChI is InChI=1S/C16H22ClN3.HI/c17-13-7-5-6-12(10-13)14-11-15(14)19-16(18)20-8-3-1-2-4-9-20;/h5-7,10,14-15H,1-4,8-9,11H2,(H2,18,19);1H. The fourth-order valence-corrected chi connectivity index (χ4v) is 3.17. The highest BCUT2D eigenvalue weighted by Crippen LogP contribution is 2.44. The number of benzene rings is 1. The van der Waals surface area contributed by atoms with Crippen LogP contribution in [0, 0.1) is 0 Å². The summed E-state index contributed by atoms with van der Waals surface area (Å²) < 4.78 is 0. The topological polar surface area (TPSA) is 41.6 Å². The smallest absolute Gasteiger partial charge is 0.191 e. The van der Waals surface area contributed by atoms with E-state index in [1.54, 1.807) is 0 Å². The molecule has 2 fully saturated rings. The van der Waals surface area contributed by atoms with Crippen molar-refractivity contribution in [2.45, 2.75) is 44.1 Å². The average Bonchev–Trinajstić information content (AvgIpc) is 3.21. The number of rotatable bonds is 2. The van der Waals surface area contributed by atoms with Gasteiger partial charge in [0.05, 0.1) is 6.04 Å². The van der Waals surface area contributed by atoms with Gasteiger partial charge in [0, 0.05) is 24.0 Å². The summed E-state index contributed by atoms with van der Waals surface area (Å²) in [6, 6.07) is 8.45. The lowest BCUT2D eigenvalue weighted by molar-refractivity contribution is 0.428. The van der Waals surface area contributed by atoms with Crippen molar-refractivity contribution >= 4 is 41.5 Å². The molecule has 2 aliphatic rings. The molecule has 0 aromatic heterocycles. The van der Waals surface area contributed by atoms with E-state index in [0.717, 1.165) is 30.5 Å². The molecule has 0 bridgehead atoms. The Kier molecular flexibility index (Phi) is 6.17. The fourth-order valence-electron chi connectivity index (χ4n) is 2.97. The maximum absolute atomic E-state index is 6.18. The first-order valence-electron chi connectivity index (χ1n) is 7.58. The molecule has 2 atom stereocenters. The van der Waals surface area contributed by atoms with E-state index in [1.165, 1.54) is 31.2 Å². The average molecular weight is 420 g/mol. The Morgan fingerprint density at radius 2 is 1.90 bits per heavy atom. The van der Waals surface area contributed by atoms with E-state index in [0.29, 0.717) is 12.0 Å². The van der Waals surface area contributed by atoms with Gasteiger partial charge in [-0.1, -0.05) is 36.6 Å². The molecule has 1 heterocycles. The third-order valence-corrected chi connectivity index (χ3v) is 4.50. The van der Waals surface area contributed by atoms with Crippen LogP contribution in [0.15, 0.2) is 29.3 Å². The molecule has 1 aliphatic carbocycles. The first-order chi connectivity index (χ1) is 9.74. The maximum atomic E-state index is 6.18. The predicted molar refractivity (Wildman–Crippen MR) is 99.7 cm³/mol. The Morgan fingerprint density at radius 1 is 1.19 bits per heavy atom. The number of halogens is 2. The van der Waals surface area contributed by atoms with Gasteiger partial charge in [-0.05, 0) is 37.0 Å². The van der Waals surface area contributed by atoms with Gasteiger partial charge in [-0.25, -0.2) is 4.99 Å². The molecule has 5 heteroatoms. The van der Waals surface area contributed by atoms with Gasteiger partial charge in [0.25, 0.3) is 0 Å². The maximum Gasteiger partial charge on any atom is 0.191 e. The van der Waals surface area contributed by atoms with Crippen LogP contribution in [0.25, 0.3) is 0 Å².